The van der Waals surface area contributed by atoms with Crippen LogP contribution in [0.1, 0.15) is 7.43 Å². The van der Waals surface area contributed by atoms with Gasteiger partial charge < -0.3 is 20.2 Å². The minimum absolute atomic E-state index is 0. The molecule has 2 heterocycles. The van der Waals surface area contributed by atoms with Crippen LogP contribution in [-0.4, -0.2) is 9.13 Å². The zero-order valence-corrected chi connectivity index (χ0v) is 37.2. The van der Waals surface area contributed by atoms with Crippen LogP contribution in [-0.2, 0) is 0 Å². The molecule has 0 aliphatic rings. The van der Waals surface area contributed by atoms with Crippen molar-refractivity contribution < 1.29 is 0 Å². The van der Waals surface area contributed by atoms with Gasteiger partial charge in [0, 0.05) is 54.5 Å². The molecular formula is C61H49BrN4. The van der Waals surface area contributed by atoms with Crippen LogP contribution in [0.15, 0.2) is 259 Å². The molecule has 0 fully saturated rings. The smallest absolute Gasteiger partial charge is 0.0542 e. The highest BCUT2D eigenvalue weighted by atomic mass is 79.9. The Morgan fingerprint density at radius 2 is 0.682 bits per heavy atom. The molecule has 0 aliphatic carbocycles. The first-order valence-corrected chi connectivity index (χ1v) is 22.5. The lowest BCUT2D eigenvalue weighted by molar-refractivity contribution is 1.18. The first-order chi connectivity index (χ1) is 32.1. The van der Waals surface area contributed by atoms with E-state index in [9.17, 15) is 0 Å². The van der Waals surface area contributed by atoms with E-state index in [1.54, 1.807) is 0 Å². The van der Waals surface area contributed by atoms with Crippen molar-refractivity contribution >= 4 is 76.6 Å². The van der Waals surface area contributed by atoms with Crippen LogP contribution in [0.4, 0.5) is 17.1 Å². The Labute approximate surface area is 395 Å². The Balaban J connectivity index is 0.000000137. The molecule has 12 aromatic rings. The predicted molar refractivity (Wildman–Crippen MR) is 287 cm³/mol. The number of hydrogen-bond donors (Lipinski definition) is 2. The first-order valence-electron chi connectivity index (χ1n) is 21.7. The number of rotatable bonds is 6. The lowest BCUT2D eigenvalue weighted by atomic mass is 10.1. The number of nitrogen functional groups attached to an aromatic ring is 1. The molecule has 0 unspecified atom stereocenters. The van der Waals surface area contributed by atoms with E-state index in [1.165, 1.54) is 77.2 Å². The number of hydrogen-bond acceptors (Lipinski definition) is 2. The van der Waals surface area contributed by atoms with Gasteiger partial charge in [-0.2, -0.15) is 0 Å². The number of nitrogens with two attached hydrogens (primary N) is 1. The van der Waals surface area contributed by atoms with Gasteiger partial charge in [0.1, 0.15) is 0 Å². The van der Waals surface area contributed by atoms with Crippen molar-refractivity contribution in [3.05, 3.63) is 259 Å². The van der Waals surface area contributed by atoms with E-state index in [2.05, 4.69) is 231 Å². The maximum atomic E-state index is 5.60. The van der Waals surface area contributed by atoms with Crippen LogP contribution in [0.5, 0.6) is 0 Å². The van der Waals surface area contributed by atoms with Gasteiger partial charge in [0.2, 0.25) is 0 Å². The normalized spacial score (nSPS) is 10.7. The summed E-state index contributed by atoms with van der Waals surface area (Å²) in [5.41, 5.74) is 20.7. The minimum Gasteiger partial charge on any atom is -0.399 e. The zero-order valence-electron chi connectivity index (χ0n) is 35.6. The standard InChI is InChI=1S/C30H22N2.C18H12BrN.C12H11N.CH4/c1-3-9-22(10-4-1)23-15-17-24(18-16-23)31-25-19-20-30-28(21-25)27-13-7-8-14-29(27)32(30)26-11-5-2-6-12-26;19-13-10-11-18-16(12-13)15-8-4-5-9-17(15)20(18)14-6-2-1-3-7-14;13-12-8-6-11(7-9-12)10-4-2-1-3-5-10;/h1-21,31H;1-12H;1-9H,13H2;1H4. The molecule has 0 radical (unpaired) electrons. The molecule has 0 amide bonds. The molecule has 320 valence electrons. The van der Waals surface area contributed by atoms with Gasteiger partial charge in [0.25, 0.3) is 0 Å². The molecule has 0 saturated heterocycles. The second-order valence-electron chi connectivity index (χ2n) is 15.8. The third-order valence-electron chi connectivity index (χ3n) is 11.6. The van der Waals surface area contributed by atoms with Crippen molar-refractivity contribution in [1.82, 2.24) is 9.13 Å². The van der Waals surface area contributed by atoms with Crippen LogP contribution in [0.2, 0.25) is 0 Å². The van der Waals surface area contributed by atoms with Crippen molar-refractivity contribution in [1.29, 1.82) is 0 Å². The summed E-state index contributed by atoms with van der Waals surface area (Å²) in [6, 6.07) is 88.5. The summed E-state index contributed by atoms with van der Waals surface area (Å²) in [6.45, 7) is 0. The summed E-state index contributed by atoms with van der Waals surface area (Å²) in [6.07, 6.45) is 0. The number of halogens is 1. The third kappa shape index (κ3) is 9.12. The average molecular weight is 918 g/mol. The van der Waals surface area contributed by atoms with Crippen LogP contribution in [0, 0.1) is 0 Å². The summed E-state index contributed by atoms with van der Waals surface area (Å²) < 4.78 is 5.76. The highest BCUT2D eigenvalue weighted by molar-refractivity contribution is 9.10. The van der Waals surface area contributed by atoms with Crippen molar-refractivity contribution in [2.45, 2.75) is 7.43 Å². The molecule has 0 saturated carbocycles. The maximum Gasteiger partial charge on any atom is 0.0542 e. The van der Waals surface area contributed by atoms with E-state index < -0.39 is 0 Å². The van der Waals surface area contributed by atoms with E-state index in [-0.39, 0.29) is 7.43 Å². The summed E-state index contributed by atoms with van der Waals surface area (Å²) in [5, 5.41) is 8.65. The topological polar surface area (TPSA) is 47.9 Å². The fourth-order valence-corrected chi connectivity index (χ4v) is 8.92. The lowest BCUT2D eigenvalue weighted by Crippen LogP contribution is -1.93. The van der Waals surface area contributed by atoms with Crippen LogP contribution in [0.25, 0.3) is 77.2 Å². The molecule has 0 atom stereocenters. The van der Waals surface area contributed by atoms with Crippen LogP contribution < -0.4 is 11.1 Å². The first kappa shape index (κ1) is 43.1. The summed E-state index contributed by atoms with van der Waals surface area (Å²) in [5.74, 6) is 0. The largest absolute Gasteiger partial charge is 0.399 e. The van der Waals surface area contributed by atoms with Crippen LogP contribution in [0.3, 0.4) is 0 Å². The number of benzene rings is 10. The number of nitrogens with zero attached hydrogens (tertiary/aromatic N) is 2. The van der Waals surface area contributed by atoms with Gasteiger partial charge in [-0.15, -0.1) is 0 Å². The molecule has 10 aromatic carbocycles. The highest BCUT2D eigenvalue weighted by Crippen LogP contribution is 2.36. The Kier molecular flexibility index (Phi) is 12.9. The van der Waals surface area contributed by atoms with Crippen molar-refractivity contribution in [3.63, 3.8) is 0 Å². The maximum absolute atomic E-state index is 5.60. The average Bonchev–Trinajstić information content (AvgIpc) is 3.88. The predicted octanol–water partition coefficient (Wildman–Crippen LogP) is 17.3. The number of aromatic nitrogens is 2. The van der Waals surface area contributed by atoms with Crippen molar-refractivity contribution in [2.75, 3.05) is 11.1 Å². The van der Waals surface area contributed by atoms with Gasteiger partial charge in [-0.05, 0) is 119 Å². The van der Waals surface area contributed by atoms with Gasteiger partial charge in [0.05, 0.1) is 22.1 Å². The Bertz CT molecular complexity index is 3490. The van der Waals surface area contributed by atoms with Crippen molar-refractivity contribution in [2.24, 2.45) is 0 Å². The highest BCUT2D eigenvalue weighted by Gasteiger charge is 2.13. The second-order valence-corrected chi connectivity index (χ2v) is 16.7. The Hall–Kier alpha value is -8.12. The molecule has 0 bridgehead atoms. The zero-order chi connectivity index (χ0) is 44.0. The molecule has 12 rings (SSSR count). The third-order valence-corrected chi connectivity index (χ3v) is 12.1. The van der Waals surface area contributed by atoms with Gasteiger partial charge in [-0.3, -0.25) is 0 Å². The minimum atomic E-state index is 0. The fraction of sp³-hybridized carbons (Fsp3) is 0.0164. The monoisotopic (exact) mass is 916 g/mol. The molecule has 2 aromatic heterocycles. The summed E-state index contributed by atoms with van der Waals surface area (Å²) >= 11 is 3.57. The molecule has 66 heavy (non-hydrogen) atoms. The number of anilines is 3. The summed E-state index contributed by atoms with van der Waals surface area (Å²) in [7, 11) is 0. The number of para-hydroxylation sites is 4. The van der Waals surface area contributed by atoms with E-state index in [4.69, 9.17) is 5.73 Å². The lowest BCUT2D eigenvalue weighted by Gasteiger charge is -2.10. The second kappa shape index (κ2) is 19.7. The van der Waals surface area contributed by atoms with Crippen LogP contribution >= 0.6 is 15.9 Å². The molecule has 3 N–H and O–H groups in total. The van der Waals surface area contributed by atoms with Gasteiger partial charge in [-0.1, -0.05) is 181 Å². The van der Waals surface area contributed by atoms with E-state index in [0.29, 0.717) is 0 Å². The molecular weight excluding hydrogens is 869 g/mol. The molecule has 0 aliphatic heterocycles. The Morgan fingerprint density at radius 1 is 0.318 bits per heavy atom. The number of nitrogens with one attached hydrogen (secondary N) is 1. The molecule has 4 nitrogen and oxygen atoms in total. The SMILES string of the molecule is Brc1ccc2c(c1)c1ccccc1n2-c1ccccc1.C.Nc1ccc(-c2ccccc2)cc1.c1ccc(-c2ccc(Nc3ccc4c(c3)c3ccccc3n4-c3ccccc3)cc2)cc1. The Morgan fingerprint density at radius 3 is 1.18 bits per heavy atom. The van der Waals surface area contributed by atoms with E-state index in [0.717, 1.165) is 21.5 Å². The van der Waals surface area contributed by atoms with Crippen molar-refractivity contribution in [3.8, 4) is 33.6 Å². The molecule has 0 spiro atoms. The van der Waals surface area contributed by atoms with Gasteiger partial charge >= 0.3 is 0 Å². The number of fused-ring (bicyclic) bond motifs is 6. The quantitative estimate of drug-likeness (QED) is 0.163. The van der Waals surface area contributed by atoms with Gasteiger partial charge in [0.15, 0.2) is 0 Å². The van der Waals surface area contributed by atoms with E-state index >= 15 is 0 Å². The fourth-order valence-electron chi connectivity index (χ4n) is 8.56. The summed E-state index contributed by atoms with van der Waals surface area (Å²) in [4.78, 5) is 0. The van der Waals surface area contributed by atoms with Gasteiger partial charge in [-0.25, -0.2) is 0 Å². The van der Waals surface area contributed by atoms with E-state index in [1.807, 2.05) is 54.6 Å². The molecule has 5 heteroatoms.